The van der Waals surface area contributed by atoms with Gasteiger partial charge in [-0.05, 0) is 75.4 Å². The molecule has 0 saturated heterocycles. The summed E-state index contributed by atoms with van der Waals surface area (Å²) >= 11 is 0. The van der Waals surface area contributed by atoms with E-state index in [9.17, 15) is 4.79 Å². The standard InChI is InChI=1S/C23H30O3/c1-8-26-23(24)14-17(3)11-9-10-16(2)12-13-21-18(4)15-22(25-7)20(6)19(21)5/h9-15H,8H2,1-7H3/b11-9+,13-12+,16-10+,17-14-. The van der Waals surface area contributed by atoms with Crippen LogP contribution in [-0.2, 0) is 9.53 Å². The smallest absolute Gasteiger partial charge is 0.330 e. The number of allylic oxidation sites excluding steroid dienone is 6. The molecule has 0 atom stereocenters. The van der Waals surface area contributed by atoms with Gasteiger partial charge in [0.1, 0.15) is 5.75 Å². The van der Waals surface area contributed by atoms with Crippen molar-refractivity contribution in [2.45, 2.75) is 41.5 Å². The second-order valence-corrected chi connectivity index (χ2v) is 6.30. The zero-order valence-electron chi connectivity index (χ0n) is 17.0. The molecule has 3 nitrogen and oxygen atoms in total. The molecule has 1 aromatic carbocycles. The van der Waals surface area contributed by atoms with Gasteiger partial charge in [-0.1, -0.05) is 36.0 Å². The molecule has 26 heavy (non-hydrogen) atoms. The quantitative estimate of drug-likeness (QED) is 0.361. The van der Waals surface area contributed by atoms with Gasteiger partial charge in [-0.2, -0.15) is 0 Å². The van der Waals surface area contributed by atoms with Crippen LogP contribution in [0.3, 0.4) is 0 Å². The molecule has 0 aliphatic rings. The maximum absolute atomic E-state index is 11.4. The minimum Gasteiger partial charge on any atom is -0.496 e. The summed E-state index contributed by atoms with van der Waals surface area (Å²) < 4.78 is 10.3. The Labute approximate surface area is 157 Å². The van der Waals surface area contributed by atoms with Gasteiger partial charge in [-0.3, -0.25) is 0 Å². The third-order valence-electron chi connectivity index (χ3n) is 4.19. The molecule has 0 unspecified atom stereocenters. The van der Waals surface area contributed by atoms with E-state index in [4.69, 9.17) is 9.47 Å². The highest BCUT2D eigenvalue weighted by molar-refractivity contribution is 5.83. The van der Waals surface area contributed by atoms with E-state index in [0.717, 1.165) is 16.9 Å². The van der Waals surface area contributed by atoms with E-state index in [1.807, 2.05) is 32.1 Å². The Bertz CT molecular complexity index is 762. The lowest BCUT2D eigenvalue weighted by molar-refractivity contribution is -0.137. The number of methoxy groups -OCH3 is 1. The monoisotopic (exact) mass is 354 g/mol. The molecule has 0 heterocycles. The Morgan fingerprint density at radius 2 is 1.77 bits per heavy atom. The van der Waals surface area contributed by atoms with Gasteiger partial charge in [0.2, 0.25) is 0 Å². The Kier molecular flexibility index (Phi) is 8.63. The lowest BCUT2D eigenvalue weighted by atomic mass is 9.96. The average molecular weight is 354 g/mol. The van der Waals surface area contributed by atoms with Crippen molar-refractivity contribution >= 4 is 12.0 Å². The summed E-state index contributed by atoms with van der Waals surface area (Å²) in [7, 11) is 1.70. The Hall–Kier alpha value is -2.55. The number of carbonyl (C=O) groups excluding carboxylic acids is 1. The first-order valence-electron chi connectivity index (χ1n) is 8.83. The molecule has 0 saturated carbocycles. The first-order valence-corrected chi connectivity index (χ1v) is 8.83. The molecule has 0 fully saturated rings. The molecule has 140 valence electrons. The van der Waals surface area contributed by atoms with Crippen molar-refractivity contribution in [1.29, 1.82) is 0 Å². The Morgan fingerprint density at radius 1 is 1.08 bits per heavy atom. The molecule has 0 bridgehead atoms. The molecule has 3 heteroatoms. The fraction of sp³-hybridized carbons (Fsp3) is 0.348. The molecule has 0 aliphatic heterocycles. The second kappa shape index (κ2) is 10.4. The summed E-state index contributed by atoms with van der Waals surface area (Å²) in [6, 6.07) is 2.07. The van der Waals surface area contributed by atoms with Gasteiger partial charge in [0.25, 0.3) is 0 Å². The third kappa shape index (κ3) is 6.40. The lowest BCUT2D eigenvalue weighted by Crippen LogP contribution is -1.99. The van der Waals surface area contributed by atoms with Gasteiger partial charge in [-0.25, -0.2) is 4.79 Å². The third-order valence-corrected chi connectivity index (χ3v) is 4.19. The number of ether oxygens (including phenoxy) is 2. The van der Waals surface area contributed by atoms with Crippen LogP contribution in [0.25, 0.3) is 6.08 Å². The lowest BCUT2D eigenvalue weighted by Gasteiger charge is -2.13. The van der Waals surface area contributed by atoms with E-state index in [-0.39, 0.29) is 5.97 Å². The summed E-state index contributed by atoms with van der Waals surface area (Å²) in [6.07, 6.45) is 11.6. The Morgan fingerprint density at radius 3 is 2.38 bits per heavy atom. The first kappa shape index (κ1) is 21.5. The fourth-order valence-electron chi connectivity index (χ4n) is 2.57. The highest BCUT2D eigenvalue weighted by atomic mass is 16.5. The van der Waals surface area contributed by atoms with Gasteiger partial charge in [0.15, 0.2) is 0 Å². The van der Waals surface area contributed by atoms with Crippen molar-refractivity contribution in [3.8, 4) is 5.75 Å². The van der Waals surface area contributed by atoms with E-state index in [1.54, 1.807) is 14.0 Å². The molecule has 1 aromatic rings. The van der Waals surface area contributed by atoms with Crippen molar-refractivity contribution in [2.75, 3.05) is 13.7 Å². The summed E-state index contributed by atoms with van der Waals surface area (Å²) in [5.41, 5.74) is 6.79. The Balaban J connectivity index is 2.89. The highest BCUT2D eigenvalue weighted by Gasteiger charge is 2.08. The van der Waals surface area contributed by atoms with Crippen LogP contribution >= 0.6 is 0 Å². The topological polar surface area (TPSA) is 35.5 Å². The van der Waals surface area contributed by atoms with E-state index in [0.29, 0.717) is 6.61 Å². The predicted molar refractivity (Wildman–Crippen MR) is 110 cm³/mol. The van der Waals surface area contributed by atoms with Crippen LogP contribution in [0.1, 0.15) is 43.0 Å². The predicted octanol–water partition coefficient (Wildman–Crippen LogP) is 5.65. The van der Waals surface area contributed by atoms with Crippen LogP contribution in [0, 0.1) is 20.8 Å². The number of hydrogen-bond donors (Lipinski definition) is 0. The van der Waals surface area contributed by atoms with Crippen LogP contribution in [0.2, 0.25) is 0 Å². The van der Waals surface area contributed by atoms with Gasteiger partial charge in [-0.15, -0.1) is 0 Å². The van der Waals surface area contributed by atoms with Crippen molar-refractivity contribution < 1.29 is 14.3 Å². The summed E-state index contributed by atoms with van der Waals surface area (Å²) in [5.74, 6) is 0.618. The van der Waals surface area contributed by atoms with Crippen molar-refractivity contribution in [2.24, 2.45) is 0 Å². The van der Waals surface area contributed by atoms with Crippen LogP contribution < -0.4 is 4.74 Å². The van der Waals surface area contributed by atoms with E-state index >= 15 is 0 Å². The van der Waals surface area contributed by atoms with Crippen LogP contribution in [-0.4, -0.2) is 19.7 Å². The second-order valence-electron chi connectivity index (χ2n) is 6.30. The minimum absolute atomic E-state index is 0.309. The maximum atomic E-state index is 11.4. The highest BCUT2D eigenvalue weighted by Crippen LogP contribution is 2.28. The van der Waals surface area contributed by atoms with Crippen molar-refractivity contribution in [1.82, 2.24) is 0 Å². The van der Waals surface area contributed by atoms with Crippen LogP contribution in [0.5, 0.6) is 5.75 Å². The molecule has 0 spiro atoms. The van der Waals surface area contributed by atoms with E-state index in [1.165, 1.54) is 28.3 Å². The molecule has 0 amide bonds. The molecule has 0 radical (unpaired) electrons. The number of rotatable bonds is 7. The van der Waals surface area contributed by atoms with E-state index in [2.05, 4.69) is 39.0 Å². The van der Waals surface area contributed by atoms with Crippen molar-refractivity contribution in [3.05, 3.63) is 69.8 Å². The number of benzene rings is 1. The van der Waals surface area contributed by atoms with Gasteiger partial charge in [0, 0.05) is 6.08 Å². The van der Waals surface area contributed by atoms with Gasteiger partial charge < -0.3 is 9.47 Å². The maximum Gasteiger partial charge on any atom is 0.330 e. The molecule has 0 aromatic heterocycles. The normalized spacial score (nSPS) is 12.9. The van der Waals surface area contributed by atoms with E-state index < -0.39 is 0 Å². The zero-order valence-corrected chi connectivity index (χ0v) is 17.0. The summed E-state index contributed by atoms with van der Waals surface area (Å²) in [6.45, 7) is 12.4. The van der Waals surface area contributed by atoms with Crippen molar-refractivity contribution in [3.63, 3.8) is 0 Å². The summed E-state index contributed by atoms with van der Waals surface area (Å²) in [5, 5.41) is 0. The van der Waals surface area contributed by atoms with Crippen LogP contribution in [0.4, 0.5) is 0 Å². The largest absolute Gasteiger partial charge is 0.496 e. The first-order chi connectivity index (χ1) is 12.3. The van der Waals surface area contributed by atoms with Crippen LogP contribution in [0.15, 0.2) is 47.6 Å². The minimum atomic E-state index is -0.309. The number of aryl methyl sites for hydroxylation is 1. The fourth-order valence-corrected chi connectivity index (χ4v) is 2.57. The molecule has 1 rings (SSSR count). The SMILES string of the molecule is CCOC(=O)\C=C(C)/C=C/C=C(C)/C=C/c1c(C)cc(OC)c(C)c1C. The summed E-state index contributed by atoms with van der Waals surface area (Å²) in [4.78, 5) is 11.4. The molecular formula is C23H30O3. The van der Waals surface area contributed by atoms with Gasteiger partial charge in [0.05, 0.1) is 13.7 Å². The number of esters is 1. The number of hydrogen-bond acceptors (Lipinski definition) is 3. The molecule has 0 aliphatic carbocycles. The number of carbonyl (C=O) groups is 1. The zero-order chi connectivity index (χ0) is 19.7. The molecular weight excluding hydrogens is 324 g/mol. The average Bonchev–Trinajstić information content (AvgIpc) is 2.58. The van der Waals surface area contributed by atoms with Gasteiger partial charge >= 0.3 is 5.97 Å². The molecule has 0 N–H and O–H groups in total.